The molecule has 7 aromatic rings. The number of hydrogen-bond donors (Lipinski definition) is 0. The second-order valence-electron chi connectivity index (χ2n) is 11.9. The van der Waals surface area contributed by atoms with Gasteiger partial charge in [-0.15, -0.1) is 0 Å². The van der Waals surface area contributed by atoms with Crippen molar-refractivity contribution < 1.29 is 0 Å². The summed E-state index contributed by atoms with van der Waals surface area (Å²) in [4.78, 5) is 10.4. The molecule has 0 fully saturated rings. The molecule has 4 aromatic heterocycles. The van der Waals surface area contributed by atoms with E-state index in [1.54, 1.807) is 0 Å². The van der Waals surface area contributed by atoms with Crippen LogP contribution in [0.4, 0.5) is 0 Å². The zero-order chi connectivity index (χ0) is 32.8. The van der Waals surface area contributed by atoms with E-state index in [1.807, 2.05) is 36.5 Å². The van der Waals surface area contributed by atoms with Crippen LogP contribution in [0.2, 0.25) is 0 Å². The van der Waals surface area contributed by atoms with Gasteiger partial charge < -0.3 is 13.7 Å². The van der Waals surface area contributed by atoms with E-state index in [0.717, 1.165) is 54.7 Å². The highest BCUT2D eigenvalue weighted by molar-refractivity contribution is 6.08. The molecule has 0 N–H and O–H groups in total. The molecule has 5 nitrogen and oxygen atoms in total. The number of benzene rings is 3. The standard InChI is InChI=1S/C43H33N5/c1-5-16-38-29(4)33-17-8-12-21-39(33)46(38)26-30-25-31(27-47-41-23-14-10-19-35(41)36-20-11-15-24-42(36)47)45-43(44-30)28-48-37(7-3)32(6-2)34-18-9-13-22-40(34)48/h5-8,10-17,19-25H,1-4,26-28H2/b38-16+. The Bertz CT molecular complexity index is 2750. The van der Waals surface area contributed by atoms with Crippen LogP contribution in [-0.4, -0.2) is 23.7 Å². The third-order valence-corrected chi connectivity index (χ3v) is 9.20. The molecule has 5 heteroatoms. The monoisotopic (exact) mass is 619 g/mol. The summed E-state index contributed by atoms with van der Waals surface area (Å²) in [5.74, 6) is 0.715. The van der Waals surface area contributed by atoms with Crippen LogP contribution < -0.4 is 21.1 Å². The minimum atomic E-state index is 0.455. The summed E-state index contributed by atoms with van der Waals surface area (Å²) in [6.07, 6.45) is 11.5. The van der Waals surface area contributed by atoms with E-state index in [2.05, 4.69) is 130 Å². The van der Waals surface area contributed by atoms with Gasteiger partial charge in [-0.2, -0.15) is 0 Å². The first-order valence-corrected chi connectivity index (χ1v) is 16.0. The van der Waals surface area contributed by atoms with Gasteiger partial charge in [0.2, 0.25) is 0 Å². The van der Waals surface area contributed by atoms with E-state index in [1.165, 1.54) is 21.8 Å². The van der Waals surface area contributed by atoms with Crippen molar-refractivity contribution in [3.63, 3.8) is 0 Å². The first-order valence-electron chi connectivity index (χ1n) is 16.0. The van der Waals surface area contributed by atoms with E-state index in [4.69, 9.17) is 9.97 Å². The van der Waals surface area contributed by atoms with Crippen LogP contribution in [0.5, 0.6) is 0 Å². The van der Waals surface area contributed by atoms with Crippen molar-refractivity contribution in [1.82, 2.24) is 23.7 Å². The van der Waals surface area contributed by atoms with Crippen LogP contribution in [0.1, 0.15) is 28.5 Å². The third-order valence-electron chi connectivity index (χ3n) is 9.20. The molecule has 1 aliphatic rings. The number of aromatic nitrogens is 5. The van der Waals surface area contributed by atoms with Gasteiger partial charge in [0.15, 0.2) is 0 Å². The largest absolute Gasteiger partial charge is 0.334 e. The highest BCUT2D eigenvalue weighted by Crippen LogP contribution is 2.29. The van der Waals surface area contributed by atoms with E-state index < -0.39 is 0 Å². The smallest absolute Gasteiger partial charge is 0.148 e. The molecule has 1 aliphatic carbocycles. The molecule has 0 unspecified atom stereocenters. The molecule has 8 rings (SSSR count). The Morgan fingerprint density at radius 1 is 0.688 bits per heavy atom. The average molecular weight is 620 g/mol. The number of nitrogens with zero attached hydrogens (tertiary/aromatic N) is 5. The summed E-state index contributed by atoms with van der Waals surface area (Å²) in [7, 11) is 0. The Morgan fingerprint density at radius 2 is 1.29 bits per heavy atom. The Morgan fingerprint density at radius 3 is 1.92 bits per heavy atom. The van der Waals surface area contributed by atoms with E-state index in [-0.39, 0.29) is 0 Å². The van der Waals surface area contributed by atoms with Crippen LogP contribution in [0.15, 0.2) is 116 Å². The quantitative estimate of drug-likeness (QED) is 0.185. The maximum absolute atomic E-state index is 5.23. The van der Waals surface area contributed by atoms with Gasteiger partial charge in [-0.25, -0.2) is 9.97 Å². The molecule has 230 valence electrons. The molecular weight excluding hydrogens is 587 g/mol. The molecule has 0 radical (unpaired) electrons. The summed E-state index contributed by atoms with van der Waals surface area (Å²) in [6.45, 7) is 18.2. The molecule has 0 bridgehead atoms. The van der Waals surface area contributed by atoms with Crippen LogP contribution in [0, 0.1) is 0 Å². The highest BCUT2D eigenvalue weighted by Gasteiger charge is 2.17. The van der Waals surface area contributed by atoms with Gasteiger partial charge in [0.1, 0.15) is 5.82 Å². The Labute approximate surface area is 278 Å². The second kappa shape index (κ2) is 11.8. The maximum Gasteiger partial charge on any atom is 0.148 e. The lowest BCUT2D eigenvalue weighted by molar-refractivity contribution is 0.683. The lowest BCUT2D eigenvalue weighted by Gasteiger charge is -2.14. The zero-order valence-electron chi connectivity index (χ0n) is 26.7. The van der Waals surface area contributed by atoms with Crippen molar-refractivity contribution in [2.45, 2.75) is 19.6 Å². The predicted octanol–water partition coefficient (Wildman–Crippen LogP) is 6.03. The van der Waals surface area contributed by atoms with Crippen molar-refractivity contribution in [3.8, 4) is 0 Å². The SMILES string of the molecule is C=C/C=c1\c(=C)c2ccccc2n1Cc1cc(Cn2c3ccccc3c3ccccc32)nc(Cn2c(C=C)c(C=C)c3c2=CC=C=C=3)n1. The molecule has 3 aromatic carbocycles. The van der Waals surface area contributed by atoms with Crippen molar-refractivity contribution in [1.29, 1.82) is 0 Å². The molecule has 0 spiro atoms. The molecule has 0 aliphatic heterocycles. The van der Waals surface area contributed by atoms with E-state index in [9.17, 15) is 0 Å². The normalized spacial score (nSPS) is 12.4. The zero-order valence-corrected chi connectivity index (χ0v) is 26.7. The van der Waals surface area contributed by atoms with Crippen molar-refractivity contribution >= 4 is 69.3 Å². The molecule has 0 saturated heterocycles. The van der Waals surface area contributed by atoms with Crippen LogP contribution >= 0.6 is 0 Å². The van der Waals surface area contributed by atoms with Gasteiger partial charge in [0.25, 0.3) is 0 Å². The van der Waals surface area contributed by atoms with Crippen molar-refractivity contribution in [3.05, 3.63) is 166 Å². The lowest BCUT2D eigenvalue weighted by atomic mass is 10.2. The van der Waals surface area contributed by atoms with Gasteiger partial charge in [-0.3, -0.25) is 0 Å². The van der Waals surface area contributed by atoms with Gasteiger partial charge in [-0.1, -0.05) is 105 Å². The van der Waals surface area contributed by atoms with E-state index in [0.29, 0.717) is 25.5 Å². The summed E-state index contributed by atoms with van der Waals surface area (Å²) >= 11 is 0. The summed E-state index contributed by atoms with van der Waals surface area (Å²) in [5.41, 5.74) is 13.6. The maximum atomic E-state index is 5.23. The average Bonchev–Trinajstić information content (AvgIpc) is 3.70. The fourth-order valence-electron chi connectivity index (χ4n) is 7.16. The number of hydrogen-bond acceptors (Lipinski definition) is 2. The Balaban J connectivity index is 1.32. The van der Waals surface area contributed by atoms with Crippen LogP contribution in [-0.2, 0) is 19.6 Å². The molecule has 4 heterocycles. The Hall–Kier alpha value is -6.38. The van der Waals surface area contributed by atoms with Crippen LogP contribution in [0.25, 0.3) is 69.3 Å². The van der Waals surface area contributed by atoms with Gasteiger partial charge >= 0.3 is 0 Å². The summed E-state index contributed by atoms with van der Waals surface area (Å²) < 4.78 is 6.83. The fraction of sp³-hybridized carbons (Fsp3) is 0.0698. The number of rotatable bonds is 9. The number of fused-ring (bicyclic) bond motifs is 5. The lowest BCUT2D eigenvalue weighted by Crippen LogP contribution is -2.31. The molecule has 0 amide bonds. The van der Waals surface area contributed by atoms with Gasteiger partial charge in [0, 0.05) is 54.5 Å². The molecule has 0 atom stereocenters. The summed E-state index contributed by atoms with van der Waals surface area (Å²) in [5, 5.41) is 7.53. The topological polar surface area (TPSA) is 40.6 Å². The molecule has 0 saturated carbocycles. The first kappa shape index (κ1) is 29.1. The Kier molecular flexibility index (Phi) is 7.12. The van der Waals surface area contributed by atoms with Gasteiger partial charge in [0.05, 0.1) is 41.6 Å². The van der Waals surface area contributed by atoms with E-state index >= 15 is 0 Å². The fourth-order valence-corrected chi connectivity index (χ4v) is 7.16. The minimum absolute atomic E-state index is 0.455. The van der Waals surface area contributed by atoms with Crippen molar-refractivity contribution in [2.24, 2.45) is 0 Å². The second-order valence-corrected chi connectivity index (χ2v) is 11.9. The third kappa shape index (κ3) is 4.66. The minimum Gasteiger partial charge on any atom is -0.334 e. The number of para-hydroxylation sites is 3. The molecule has 48 heavy (non-hydrogen) atoms. The van der Waals surface area contributed by atoms with Crippen LogP contribution in [0.3, 0.4) is 0 Å². The summed E-state index contributed by atoms with van der Waals surface area (Å²) in [6, 6.07) is 27.7. The number of allylic oxidation sites excluding steroid dienone is 2. The van der Waals surface area contributed by atoms with Crippen molar-refractivity contribution in [2.75, 3.05) is 0 Å². The first-order chi connectivity index (χ1) is 23.6. The van der Waals surface area contributed by atoms with Gasteiger partial charge in [-0.05, 0) is 48.6 Å². The molecular formula is C43H33N5. The highest BCUT2D eigenvalue weighted by atomic mass is 15.1. The predicted molar refractivity (Wildman–Crippen MR) is 200 cm³/mol.